The fourth-order valence-corrected chi connectivity index (χ4v) is 5.09. The summed E-state index contributed by atoms with van der Waals surface area (Å²) in [6.07, 6.45) is 2.42. The van der Waals surface area contributed by atoms with Crippen molar-refractivity contribution in [2.75, 3.05) is 20.1 Å². The smallest absolute Gasteiger partial charge is 0.352 e. The van der Waals surface area contributed by atoms with Gasteiger partial charge < -0.3 is 24.8 Å². The van der Waals surface area contributed by atoms with Gasteiger partial charge in [-0.1, -0.05) is 64.8 Å². The fraction of sp³-hybridized carbons (Fsp3) is 0.531. The van der Waals surface area contributed by atoms with Crippen LogP contribution in [0, 0.1) is 0 Å². The van der Waals surface area contributed by atoms with Crippen LogP contribution in [0.25, 0.3) is 0 Å². The largest absolute Gasteiger partial charge is 0.592 e. The maximum atomic E-state index is 13.7. The van der Waals surface area contributed by atoms with Gasteiger partial charge in [0.1, 0.15) is 11.3 Å². The van der Waals surface area contributed by atoms with Gasteiger partial charge in [0.2, 0.25) is 6.10 Å². The maximum absolute atomic E-state index is 13.7. The van der Waals surface area contributed by atoms with Crippen molar-refractivity contribution in [1.82, 2.24) is 10.2 Å². The summed E-state index contributed by atoms with van der Waals surface area (Å²) in [6, 6.07) is 9.34. The molecule has 8 heteroatoms. The van der Waals surface area contributed by atoms with Crippen LogP contribution in [0.3, 0.4) is 0 Å². The van der Waals surface area contributed by atoms with Crippen LogP contribution >= 0.6 is 0 Å². The molecule has 2 atom stereocenters. The molecule has 0 aromatic heterocycles. The molecule has 3 N–H and O–H groups in total. The van der Waals surface area contributed by atoms with Gasteiger partial charge in [0.05, 0.1) is 5.56 Å². The van der Waals surface area contributed by atoms with Gasteiger partial charge in [-0.05, 0) is 55.7 Å². The molecule has 0 bridgehead atoms. The average Bonchev–Trinajstić information content (AvgIpc) is 3.48. The first-order valence-corrected chi connectivity index (χ1v) is 14.5. The van der Waals surface area contributed by atoms with Crippen LogP contribution in [0.5, 0.6) is 11.5 Å². The molecule has 2 aromatic rings. The number of aryl methyl sites for hydroxylation is 1. The van der Waals surface area contributed by atoms with Crippen molar-refractivity contribution in [2.24, 2.45) is 0 Å². The topological polar surface area (TPSA) is 108 Å². The molecule has 1 aliphatic rings. The predicted molar refractivity (Wildman–Crippen MR) is 156 cm³/mol. The third-order valence-electron chi connectivity index (χ3n) is 7.36. The van der Waals surface area contributed by atoms with E-state index in [2.05, 4.69) is 19.2 Å². The molecule has 2 unspecified atom stereocenters. The maximum Gasteiger partial charge on any atom is 0.352 e. The van der Waals surface area contributed by atoms with Gasteiger partial charge in [-0.15, -0.1) is 0 Å². The number of carbonyl (C=O) groups is 3. The molecule has 8 nitrogen and oxygen atoms in total. The van der Waals surface area contributed by atoms with Gasteiger partial charge in [-0.2, -0.15) is 0 Å². The summed E-state index contributed by atoms with van der Waals surface area (Å²) in [5.41, 5.74) is 3.35. The number of nitrogens with zero attached hydrogens (tertiary/aromatic N) is 1. The van der Waals surface area contributed by atoms with Crippen molar-refractivity contribution in [3.8, 4) is 11.5 Å². The van der Waals surface area contributed by atoms with E-state index in [1.807, 2.05) is 38.1 Å². The number of ether oxygens (including phenoxy) is 2. The zero-order valence-electron chi connectivity index (χ0n) is 24.8. The SMILES string of the molecule is CCCc1cc(C(=O)NC)c([OH2+])c(CCC)c1OC(C(=O)OC(C)C(=O)N1CCCC1)c1ccc(C(C)C)cc1. The van der Waals surface area contributed by atoms with Gasteiger partial charge >= 0.3 is 5.97 Å². The molecule has 2 aromatic carbocycles. The Morgan fingerprint density at radius 2 is 1.57 bits per heavy atom. The van der Waals surface area contributed by atoms with Crippen LogP contribution in [0.4, 0.5) is 0 Å². The van der Waals surface area contributed by atoms with Crippen LogP contribution in [0.15, 0.2) is 30.3 Å². The molecule has 218 valence electrons. The fourth-order valence-electron chi connectivity index (χ4n) is 5.09. The van der Waals surface area contributed by atoms with Crippen molar-refractivity contribution in [3.05, 3.63) is 58.1 Å². The molecule has 0 aliphatic carbocycles. The lowest BCUT2D eigenvalue weighted by Gasteiger charge is -2.25. The zero-order valence-corrected chi connectivity index (χ0v) is 24.8. The number of amides is 2. The first-order valence-electron chi connectivity index (χ1n) is 14.5. The molecule has 40 heavy (non-hydrogen) atoms. The van der Waals surface area contributed by atoms with E-state index < -0.39 is 18.2 Å². The lowest BCUT2D eigenvalue weighted by atomic mass is 9.95. The molecule has 1 heterocycles. The van der Waals surface area contributed by atoms with Crippen LogP contribution in [0.1, 0.15) is 105 Å². The summed E-state index contributed by atoms with van der Waals surface area (Å²) in [5, 5.41) is 11.5. The first-order chi connectivity index (χ1) is 19.1. The van der Waals surface area contributed by atoms with Crippen molar-refractivity contribution >= 4 is 17.8 Å². The van der Waals surface area contributed by atoms with Gasteiger partial charge in [0.25, 0.3) is 17.6 Å². The van der Waals surface area contributed by atoms with E-state index in [0.717, 1.165) is 36.8 Å². The number of likely N-dealkylation sites (tertiary alicyclic amines) is 1. The lowest BCUT2D eigenvalue weighted by Crippen LogP contribution is -2.39. The highest BCUT2D eigenvalue weighted by molar-refractivity contribution is 5.98. The second-order valence-electron chi connectivity index (χ2n) is 10.8. The second-order valence-corrected chi connectivity index (χ2v) is 10.8. The number of hydrogen-bond donors (Lipinski definition) is 1. The van der Waals surface area contributed by atoms with Crippen LogP contribution in [0.2, 0.25) is 0 Å². The molecule has 1 fully saturated rings. The van der Waals surface area contributed by atoms with Crippen LogP contribution < -0.4 is 10.1 Å². The summed E-state index contributed by atoms with van der Waals surface area (Å²) in [4.78, 5) is 41.0. The average molecular weight is 554 g/mol. The summed E-state index contributed by atoms with van der Waals surface area (Å²) < 4.78 is 12.3. The summed E-state index contributed by atoms with van der Waals surface area (Å²) in [5.74, 6) is -0.356. The highest BCUT2D eigenvalue weighted by Crippen LogP contribution is 2.40. The lowest BCUT2D eigenvalue weighted by molar-refractivity contribution is -0.164. The molecule has 1 saturated heterocycles. The van der Waals surface area contributed by atoms with Crippen molar-refractivity contribution in [3.63, 3.8) is 0 Å². The number of carbonyl (C=O) groups excluding carboxylic acids is 3. The number of rotatable bonds is 12. The van der Waals surface area contributed by atoms with Gasteiger partial charge in [0, 0.05) is 25.7 Å². The predicted octanol–water partition coefficient (Wildman–Crippen LogP) is 5.19. The summed E-state index contributed by atoms with van der Waals surface area (Å²) >= 11 is 0. The molecule has 0 spiro atoms. The molecule has 3 rings (SSSR count). The van der Waals surface area contributed by atoms with Gasteiger partial charge in [-0.25, -0.2) is 4.79 Å². The molecule has 2 amide bonds. The van der Waals surface area contributed by atoms with Crippen molar-refractivity contribution in [1.29, 1.82) is 0 Å². The Labute approximate surface area is 238 Å². The van der Waals surface area contributed by atoms with Crippen LogP contribution in [-0.4, -0.2) is 54.0 Å². The van der Waals surface area contributed by atoms with E-state index in [0.29, 0.717) is 48.7 Å². The minimum atomic E-state index is -1.15. The highest BCUT2D eigenvalue weighted by atomic mass is 16.6. The number of hydrogen-bond acceptors (Lipinski definition) is 5. The molecule has 1 aliphatic heterocycles. The Hall–Kier alpha value is -3.55. The Kier molecular flexibility index (Phi) is 11.0. The monoisotopic (exact) mass is 553 g/mol. The zero-order chi connectivity index (χ0) is 29.4. The summed E-state index contributed by atoms with van der Waals surface area (Å²) in [6.45, 7) is 11.2. The van der Waals surface area contributed by atoms with E-state index in [9.17, 15) is 14.4 Å². The Morgan fingerprint density at radius 3 is 2.12 bits per heavy atom. The van der Waals surface area contributed by atoms with Gasteiger partial charge in [-0.3, -0.25) is 9.59 Å². The molecule has 0 radical (unpaired) electrons. The van der Waals surface area contributed by atoms with E-state index in [1.165, 1.54) is 0 Å². The number of esters is 1. The summed E-state index contributed by atoms with van der Waals surface area (Å²) in [7, 11) is 1.54. The van der Waals surface area contributed by atoms with E-state index in [4.69, 9.17) is 14.6 Å². The second kappa shape index (κ2) is 14.2. The third-order valence-corrected chi connectivity index (χ3v) is 7.36. The Morgan fingerprint density at radius 1 is 0.975 bits per heavy atom. The number of benzene rings is 2. The standard InChI is InChI=1S/C32H44N2O6/c1-7-11-24-19-26(30(36)33-6)27(35)25(12-8-2)28(24)40-29(23-15-13-22(14-16-23)20(3)4)32(38)39-21(5)31(37)34-17-9-10-18-34/h13-16,19-21,29,35H,7-12,17-18H2,1-6H3,(H,33,36)/p+1. The molecule has 0 saturated carbocycles. The minimum absolute atomic E-state index is 0.0934. The normalized spacial score (nSPS) is 14.6. The van der Waals surface area contributed by atoms with Gasteiger partial charge in [0.15, 0.2) is 6.10 Å². The minimum Gasteiger partial charge on any atom is -0.592 e. The van der Waals surface area contributed by atoms with Crippen LogP contribution in [-0.2, 0) is 27.2 Å². The van der Waals surface area contributed by atoms with Crippen molar-refractivity contribution < 1.29 is 29.0 Å². The molecular formula is C32H45N2O6+. The Balaban J connectivity index is 2.07. The van der Waals surface area contributed by atoms with E-state index in [1.54, 1.807) is 24.9 Å². The van der Waals surface area contributed by atoms with Crippen molar-refractivity contribution in [2.45, 2.75) is 91.3 Å². The van der Waals surface area contributed by atoms with E-state index >= 15 is 0 Å². The highest BCUT2D eigenvalue weighted by Gasteiger charge is 2.34. The number of nitrogens with one attached hydrogen (secondary N) is 1. The third kappa shape index (κ3) is 7.14. The Bertz CT molecular complexity index is 1180. The quantitative estimate of drug-likeness (QED) is 0.288. The first kappa shape index (κ1) is 31.0. The molecular weight excluding hydrogens is 508 g/mol. The van der Waals surface area contributed by atoms with E-state index in [-0.39, 0.29) is 23.1 Å².